The minimum Gasteiger partial charge on any atom is -0.423 e. The summed E-state index contributed by atoms with van der Waals surface area (Å²) in [5.74, 6) is 0.113. The molecule has 134 valence electrons. The van der Waals surface area contributed by atoms with E-state index in [2.05, 4.69) is 20.2 Å². The molecule has 4 rings (SSSR count). The van der Waals surface area contributed by atoms with Crippen LogP contribution in [0.25, 0.3) is 11.1 Å². The predicted molar refractivity (Wildman–Crippen MR) is 99.7 cm³/mol. The quantitative estimate of drug-likeness (QED) is 0.781. The second-order valence-corrected chi connectivity index (χ2v) is 6.71. The normalized spacial score (nSPS) is 16.6. The first-order valence-electron chi connectivity index (χ1n) is 9.02. The number of para-hydroxylation sites is 2. The van der Waals surface area contributed by atoms with Crippen LogP contribution in [0, 0.1) is 5.92 Å². The number of hydrogen-bond acceptors (Lipinski definition) is 5. The van der Waals surface area contributed by atoms with Gasteiger partial charge < -0.3 is 14.6 Å². The highest BCUT2D eigenvalue weighted by atomic mass is 16.4. The van der Waals surface area contributed by atoms with Crippen molar-refractivity contribution in [2.45, 2.75) is 25.8 Å². The Kier molecular flexibility index (Phi) is 4.56. The third kappa shape index (κ3) is 3.40. The summed E-state index contributed by atoms with van der Waals surface area (Å²) < 4.78 is 5.83. The Bertz CT molecular complexity index is 852. The van der Waals surface area contributed by atoms with E-state index in [1.165, 1.54) is 0 Å². The van der Waals surface area contributed by atoms with Crippen LogP contribution >= 0.6 is 0 Å². The lowest BCUT2D eigenvalue weighted by Crippen LogP contribution is -2.41. The van der Waals surface area contributed by atoms with E-state index in [9.17, 15) is 4.79 Å². The van der Waals surface area contributed by atoms with Crippen molar-refractivity contribution < 1.29 is 9.21 Å². The van der Waals surface area contributed by atoms with Crippen LogP contribution in [-0.4, -0.2) is 29.0 Å². The number of amides is 1. The Morgan fingerprint density at radius 3 is 2.69 bits per heavy atom. The van der Waals surface area contributed by atoms with Crippen LogP contribution < -0.4 is 10.2 Å². The molecule has 0 saturated carbocycles. The minimum absolute atomic E-state index is 0.0155. The summed E-state index contributed by atoms with van der Waals surface area (Å²) in [6, 6.07) is 14.1. The Morgan fingerprint density at radius 1 is 1.19 bits per heavy atom. The molecule has 2 aromatic heterocycles. The lowest BCUT2D eigenvalue weighted by Gasteiger charge is -2.30. The summed E-state index contributed by atoms with van der Waals surface area (Å²) in [5, 5.41) is 3.08. The van der Waals surface area contributed by atoms with Gasteiger partial charge in [-0.15, -0.1) is 0 Å². The molecule has 3 aromatic rings. The lowest BCUT2D eigenvalue weighted by molar-refractivity contribution is -0.126. The molecule has 0 aliphatic carbocycles. The zero-order chi connectivity index (χ0) is 17.9. The van der Waals surface area contributed by atoms with Crippen molar-refractivity contribution in [1.82, 2.24) is 15.3 Å². The molecule has 0 spiro atoms. The SMILES string of the molecule is CC(NC(=O)C1CCN(c2nc3ccccc3o2)CC1)c1ccccn1. The van der Waals surface area contributed by atoms with E-state index in [1.807, 2.05) is 49.4 Å². The number of carbonyl (C=O) groups excluding carboxylic acids is 1. The van der Waals surface area contributed by atoms with E-state index < -0.39 is 0 Å². The van der Waals surface area contributed by atoms with Crippen molar-refractivity contribution in [1.29, 1.82) is 0 Å². The molecule has 1 aromatic carbocycles. The fourth-order valence-electron chi connectivity index (χ4n) is 3.37. The maximum atomic E-state index is 12.6. The molecule has 1 fully saturated rings. The van der Waals surface area contributed by atoms with Crippen LogP contribution in [0.2, 0.25) is 0 Å². The number of fused-ring (bicyclic) bond motifs is 1. The second-order valence-electron chi connectivity index (χ2n) is 6.71. The average molecular weight is 350 g/mol. The summed E-state index contributed by atoms with van der Waals surface area (Å²) in [6.45, 7) is 3.50. The number of hydrogen-bond donors (Lipinski definition) is 1. The number of anilines is 1. The van der Waals surface area contributed by atoms with Crippen LogP contribution in [0.5, 0.6) is 0 Å². The monoisotopic (exact) mass is 350 g/mol. The van der Waals surface area contributed by atoms with Gasteiger partial charge in [0.1, 0.15) is 5.52 Å². The first-order valence-corrected chi connectivity index (χ1v) is 9.02. The molecule has 26 heavy (non-hydrogen) atoms. The molecule has 1 aliphatic heterocycles. The van der Waals surface area contributed by atoms with Crippen LogP contribution in [0.3, 0.4) is 0 Å². The van der Waals surface area contributed by atoms with Crippen molar-refractivity contribution >= 4 is 23.0 Å². The maximum Gasteiger partial charge on any atom is 0.298 e. The third-order valence-corrected chi connectivity index (χ3v) is 4.91. The number of aromatic nitrogens is 2. The maximum absolute atomic E-state index is 12.6. The van der Waals surface area contributed by atoms with Crippen molar-refractivity contribution in [3.05, 3.63) is 54.4 Å². The molecule has 3 heterocycles. The topological polar surface area (TPSA) is 71.3 Å². The molecule has 6 heteroatoms. The largest absolute Gasteiger partial charge is 0.423 e. The van der Waals surface area contributed by atoms with Crippen molar-refractivity contribution in [3.8, 4) is 0 Å². The zero-order valence-electron chi connectivity index (χ0n) is 14.8. The number of piperidine rings is 1. The van der Waals surface area contributed by atoms with Crippen LogP contribution in [0.1, 0.15) is 31.5 Å². The van der Waals surface area contributed by atoms with E-state index in [4.69, 9.17) is 4.42 Å². The molecule has 1 atom stereocenters. The van der Waals surface area contributed by atoms with Gasteiger partial charge in [-0.25, -0.2) is 0 Å². The fraction of sp³-hybridized carbons (Fsp3) is 0.350. The van der Waals surface area contributed by atoms with Gasteiger partial charge in [-0.1, -0.05) is 18.2 Å². The van der Waals surface area contributed by atoms with Crippen LogP contribution in [0.4, 0.5) is 6.01 Å². The molecule has 0 radical (unpaired) electrons. The molecule has 1 aliphatic rings. The number of nitrogens with zero attached hydrogens (tertiary/aromatic N) is 3. The first-order chi connectivity index (χ1) is 12.7. The second kappa shape index (κ2) is 7.15. The van der Waals surface area contributed by atoms with Crippen molar-refractivity contribution in [2.75, 3.05) is 18.0 Å². The Hall–Kier alpha value is -2.89. The highest BCUT2D eigenvalue weighted by Gasteiger charge is 2.28. The summed E-state index contributed by atoms with van der Waals surface area (Å²) in [4.78, 5) is 23.5. The van der Waals surface area contributed by atoms with Gasteiger partial charge in [-0.05, 0) is 44.0 Å². The van der Waals surface area contributed by atoms with E-state index >= 15 is 0 Å². The Balaban J connectivity index is 1.35. The number of pyridine rings is 1. The van der Waals surface area contributed by atoms with E-state index in [0.717, 1.165) is 42.7 Å². The first kappa shape index (κ1) is 16.6. The van der Waals surface area contributed by atoms with Crippen LogP contribution in [0.15, 0.2) is 53.1 Å². The molecule has 1 saturated heterocycles. The average Bonchev–Trinajstić information content (AvgIpc) is 3.13. The highest BCUT2D eigenvalue weighted by molar-refractivity contribution is 5.79. The zero-order valence-corrected chi connectivity index (χ0v) is 14.8. The smallest absolute Gasteiger partial charge is 0.298 e. The Labute approximate surface area is 152 Å². The van der Waals surface area contributed by atoms with Gasteiger partial charge in [0.05, 0.1) is 11.7 Å². The third-order valence-electron chi connectivity index (χ3n) is 4.91. The molecule has 0 bridgehead atoms. The molecule has 6 nitrogen and oxygen atoms in total. The summed E-state index contributed by atoms with van der Waals surface area (Å²) >= 11 is 0. The number of benzene rings is 1. The van der Waals surface area contributed by atoms with E-state index in [1.54, 1.807) is 6.20 Å². The van der Waals surface area contributed by atoms with Gasteiger partial charge in [-0.2, -0.15) is 4.98 Å². The molecular formula is C20H22N4O2. The minimum atomic E-state index is -0.0845. The highest BCUT2D eigenvalue weighted by Crippen LogP contribution is 2.26. The van der Waals surface area contributed by atoms with Crippen LogP contribution in [-0.2, 0) is 4.79 Å². The van der Waals surface area contributed by atoms with Gasteiger partial charge in [-0.3, -0.25) is 9.78 Å². The number of nitrogens with one attached hydrogen (secondary N) is 1. The standard InChI is InChI=1S/C20H22N4O2/c1-14(16-6-4-5-11-21-16)22-19(25)15-9-12-24(13-10-15)20-23-17-7-2-3-8-18(17)26-20/h2-8,11,14-15H,9-10,12-13H2,1H3,(H,22,25). The van der Waals surface area contributed by atoms with E-state index in [-0.39, 0.29) is 17.9 Å². The van der Waals surface area contributed by atoms with Gasteiger partial charge in [0.2, 0.25) is 5.91 Å². The van der Waals surface area contributed by atoms with Gasteiger partial charge in [0.15, 0.2) is 5.58 Å². The molecule has 1 N–H and O–H groups in total. The molecule has 1 amide bonds. The summed E-state index contributed by atoms with van der Waals surface area (Å²) in [6.07, 6.45) is 3.33. The summed E-state index contributed by atoms with van der Waals surface area (Å²) in [7, 11) is 0. The van der Waals surface area contributed by atoms with Gasteiger partial charge >= 0.3 is 0 Å². The Morgan fingerprint density at radius 2 is 1.96 bits per heavy atom. The van der Waals surface area contributed by atoms with Crippen molar-refractivity contribution in [3.63, 3.8) is 0 Å². The number of oxazole rings is 1. The molecule has 1 unspecified atom stereocenters. The molecular weight excluding hydrogens is 328 g/mol. The number of rotatable bonds is 4. The van der Waals surface area contributed by atoms with Gasteiger partial charge in [0.25, 0.3) is 6.01 Å². The predicted octanol–water partition coefficient (Wildman–Crippen LogP) is 3.32. The lowest BCUT2D eigenvalue weighted by atomic mass is 9.95. The number of carbonyl (C=O) groups is 1. The summed E-state index contributed by atoms with van der Waals surface area (Å²) in [5.41, 5.74) is 2.54. The fourth-order valence-corrected chi connectivity index (χ4v) is 3.37. The van der Waals surface area contributed by atoms with Crippen molar-refractivity contribution in [2.24, 2.45) is 5.92 Å². The van der Waals surface area contributed by atoms with Gasteiger partial charge in [0, 0.05) is 25.2 Å². The van der Waals surface area contributed by atoms with E-state index in [0.29, 0.717) is 6.01 Å².